The molecule has 0 radical (unpaired) electrons. The second-order valence-corrected chi connectivity index (χ2v) is 6.36. The molecule has 2 rings (SSSR count). The highest BCUT2D eigenvalue weighted by atomic mass is 35.5. The van der Waals surface area contributed by atoms with Gasteiger partial charge in [-0.3, -0.25) is 18.1 Å². The summed E-state index contributed by atoms with van der Waals surface area (Å²) in [5.41, 5.74) is -3.37. The Morgan fingerprint density at radius 1 is 1.31 bits per heavy atom. The summed E-state index contributed by atoms with van der Waals surface area (Å²) < 4.78 is 42.1. The van der Waals surface area contributed by atoms with Gasteiger partial charge in [0.1, 0.15) is 0 Å². The molecule has 2 atom stereocenters. The molecule has 0 aromatic rings. The summed E-state index contributed by atoms with van der Waals surface area (Å²) in [6, 6.07) is 0. The zero-order valence-corrected chi connectivity index (χ0v) is 10.9. The molecule has 2 aliphatic rings. The van der Waals surface area contributed by atoms with E-state index in [1.807, 2.05) is 0 Å². The maximum Gasteiger partial charge on any atom is 0.513 e. The van der Waals surface area contributed by atoms with Crippen molar-refractivity contribution in [1.29, 1.82) is 0 Å². The molecule has 2 saturated heterocycles. The van der Waals surface area contributed by atoms with Gasteiger partial charge in [0.15, 0.2) is 11.1 Å². The molecule has 11 heteroatoms. The number of hydrogen-bond acceptors (Lipinski definition) is 6. The minimum Gasteiger partial charge on any atom is -0.328 e. The van der Waals surface area contributed by atoms with Crippen molar-refractivity contribution >= 4 is 39.7 Å². The van der Waals surface area contributed by atoms with Gasteiger partial charge in [0, 0.05) is 0 Å². The Hall–Kier alpha value is 0.970. The van der Waals surface area contributed by atoms with E-state index in [1.165, 1.54) is 0 Å². The van der Waals surface area contributed by atoms with E-state index in [-0.39, 0.29) is 13.2 Å². The van der Waals surface area contributed by atoms with Crippen LogP contribution in [0.4, 0.5) is 4.20 Å². The molecule has 2 heterocycles. The van der Waals surface area contributed by atoms with E-state index < -0.39 is 33.1 Å². The first-order valence-electron chi connectivity index (χ1n) is 4.05. The Kier molecular flexibility index (Phi) is 3.83. The van der Waals surface area contributed by atoms with E-state index >= 15 is 0 Å². The van der Waals surface area contributed by atoms with Crippen molar-refractivity contribution in [3.63, 3.8) is 0 Å². The topological polar surface area (TPSA) is 74.2 Å². The van der Waals surface area contributed by atoms with Crippen LogP contribution >= 0.6 is 39.7 Å². The number of hydrogen-bond donors (Lipinski definition) is 1. The highest BCUT2D eigenvalue weighted by Crippen LogP contribution is 2.61. The lowest BCUT2D eigenvalue weighted by atomic mass is 9.92. The van der Waals surface area contributed by atoms with Crippen LogP contribution in [0.2, 0.25) is 0 Å². The molecule has 1 spiro atoms. The fourth-order valence-electron chi connectivity index (χ4n) is 1.23. The second-order valence-electron chi connectivity index (χ2n) is 3.29. The van der Waals surface area contributed by atoms with E-state index in [0.29, 0.717) is 0 Å². The second kappa shape index (κ2) is 4.57. The Morgan fingerprint density at radius 3 is 2.19 bits per heavy atom. The smallest absolute Gasteiger partial charge is 0.328 e. The number of rotatable bonds is 0. The van der Waals surface area contributed by atoms with Gasteiger partial charge in [0.05, 0.1) is 18.6 Å². The van der Waals surface area contributed by atoms with E-state index in [2.05, 4.69) is 9.05 Å². The molecule has 0 bridgehead atoms. The van der Waals surface area contributed by atoms with Crippen LogP contribution in [0.15, 0.2) is 0 Å². The zero-order valence-electron chi connectivity index (χ0n) is 7.59. The summed E-state index contributed by atoms with van der Waals surface area (Å²) in [4.78, 5) is 9.11. The first-order chi connectivity index (χ1) is 7.36. The van der Waals surface area contributed by atoms with Gasteiger partial charge in [0.25, 0.3) is 0 Å². The molecular weight excluding hydrogens is 308 g/mol. The van der Waals surface area contributed by atoms with E-state index in [1.54, 1.807) is 0 Å². The molecule has 0 saturated carbocycles. The maximum absolute atomic E-state index is 12.8. The Labute approximate surface area is 102 Å². The van der Waals surface area contributed by atoms with Crippen molar-refractivity contribution in [2.24, 2.45) is 5.41 Å². The van der Waals surface area contributed by atoms with Crippen LogP contribution in [0, 0.1) is 5.41 Å². The van der Waals surface area contributed by atoms with Crippen molar-refractivity contribution in [3.05, 3.63) is 0 Å². The van der Waals surface area contributed by atoms with Gasteiger partial charge >= 0.3 is 16.5 Å². The van der Waals surface area contributed by atoms with Gasteiger partial charge in [0.2, 0.25) is 0 Å². The zero-order chi connectivity index (χ0) is 12.0. The highest BCUT2D eigenvalue weighted by Gasteiger charge is 2.57. The summed E-state index contributed by atoms with van der Waals surface area (Å²) in [6.07, 6.45) is 0. The van der Waals surface area contributed by atoms with Gasteiger partial charge in [-0.15, -0.1) is 4.20 Å². The molecule has 2 fully saturated rings. The Bertz CT molecular complexity index is 306. The quantitative estimate of drug-likeness (QED) is 0.547. The number of halogens is 3. The molecule has 2 aliphatic heterocycles. The fourth-order valence-corrected chi connectivity index (χ4v) is 3.84. The summed E-state index contributed by atoms with van der Waals surface area (Å²) in [5, 5.41) is 0. The summed E-state index contributed by atoms with van der Waals surface area (Å²) >= 11 is 11.7. The lowest BCUT2D eigenvalue weighted by Gasteiger charge is -2.45. The molecule has 0 aliphatic carbocycles. The first-order valence-corrected chi connectivity index (χ1v) is 7.49. The molecule has 94 valence electrons. The van der Waals surface area contributed by atoms with Gasteiger partial charge in [-0.1, -0.05) is 23.2 Å². The van der Waals surface area contributed by atoms with Crippen molar-refractivity contribution < 1.29 is 31.8 Å². The number of alkyl halides is 2. The lowest BCUT2D eigenvalue weighted by Crippen LogP contribution is -2.52. The Balaban J connectivity index is 2.15. The predicted molar refractivity (Wildman–Crippen MR) is 53.6 cm³/mol. The van der Waals surface area contributed by atoms with Crippen molar-refractivity contribution in [1.82, 2.24) is 0 Å². The van der Waals surface area contributed by atoms with Crippen molar-refractivity contribution in [2.75, 3.05) is 13.2 Å². The van der Waals surface area contributed by atoms with Gasteiger partial charge in [-0.25, -0.2) is 4.57 Å². The SMILES string of the molecule is O=P1(F)OCC2(CO1)C(Cl)OP(O)OC2Cl. The van der Waals surface area contributed by atoms with Crippen LogP contribution in [-0.4, -0.2) is 29.2 Å². The fraction of sp³-hybridized carbons (Fsp3) is 1.00. The average Bonchev–Trinajstić information content (AvgIpc) is 2.15. The van der Waals surface area contributed by atoms with Crippen molar-refractivity contribution in [2.45, 2.75) is 11.1 Å². The van der Waals surface area contributed by atoms with Crippen LogP contribution in [-0.2, 0) is 22.7 Å². The third-order valence-electron chi connectivity index (χ3n) is 2.24. The molecule has 16 heavy (non-hydrogen) atoms. The minimum absolute atomic E-state index is 0.383. The average molecular weight is 315 g/mol. The molecule has 1 N–H and O–H groups in total. The predicted octanol–water partition coefficient (Wildman–Crippen LogP) is 2.49. The molecule has 6 nitrogen and oxygen atoms in total. The van der Waals surface area contributed by atoms with Crippen LogP contribution in [0.1, 0.15) is 0 Å². The van der Waals surface area contributed by atoms with Crippen LogP contribution in [0.3, 0.4) is 0 Å². The van der Waals surface area contributed by atoms with Gasteiger partial charge in [-0.05, 0) is 0 Å². The normalized spacial score (nSPS) is 54.1. The molecule has 0 aromatic carbocycles. The molecule has 0 aromatic heterocycles. The summed E-state index contributed by atoms with van der Waals surface area (Å²) in [7, 11) is -6.72. The van der Waals surface area contributed by atoms with Crippen LogP contribution in [0.25, 0.3) is 0 Å². The molecular formula is C5H7Cl2FO6P2. The van der Waals surface area contributed by atoms with Gasteiger partial charge < -0.3 is 4.89 Å². The third kappa shape index (κ3) is 2.39. The van der Waals surface area contributed by atoms with Crippen LogP contribution < -0.4 is 0 Å². The molecule has 0 amide bonds. The summed E-state index contributed by atoms with van der Waals surface area (Å²) in [6.45, 7) is -0.765. The summed E-state index contributed by atoms with van der Waals surface area (Å²) in [5.74, 6) is 0. The van der Waals surface area contributed by atoms with E-state index in [0.717, 1.165) is 0 Å². The van der Waals surface area contributed by atoms with Crippen molar-refractivity contribution in [3.8, 4) is 0 Å². The maximum atomic E-state index is 12.8. The highest BCUT2D eigenvalue weighted by molar-refractivity contribution is 7.48. The lowest BCUT2D eigenvalue weighted by molar-refractivity contribution is -0.105. The molecule has 2 unspecified atom stereocenters. The van der Waals surface area contributed by atoms with E-state index in [4.69, 9.17) is 37.1 Å². The van der Waals surface area contributed by atoms with E-state index in [9.17, 15) is 8.76 Å². The standard InChI is InChI=1S/C5H7Cl2FO6P2/c6-3-5(4(7)14-15(9)13-3)1-11-16(8,10)12-2-5/h3-4,9H,1-2H2. The van der Waals surface area contributed by atoms with Gasteiger partial charge in [-0.2, -0.15) is 0 Å². The van der Waals surface area contributed by atoms with Crippen LogP contribution in [0.5, 0.6) is 0 Å². The largest absolute Gasteiger partial charge is 0.513 e. The third-order valence-corrected chi connectivity index (χ3v) is 5.20. The Morgan fingerprint density at radius 2 is 1.75 bits per heavy atom. The monoisotopic (exact) mass is 314 g/mol. The first kappa shape index (κ1) is 13.4. The minimum atomic E-state index is -4.53.